The van der Waals surface area contributed by atoms with E-state index in [9.17, 15) is 0 Å². The summed E-state index contributed by atoms with van der Waals surface area (Å²) in [7, 11) is 0. The van der Waals surface area contributed by atoms with Crippen molar-refractivity contribution in [3.05, 3.63) is 133 Å². The van der Waals surface area contributed by atoms with Gasteiger partial charge in [-0.2, -0.15) is 0 Å². The van der Waals surface area contributed by atoms with E-state index in [2.05, 4.69) is 120 Å². The fraction of sp³-hybridized carbons (Fsp3) is 0.0303. The van der Waals surface area contributed by atoms with Crippen LogP contribution in [0.1, 0.15) is 23.6 Å². The molecule has 1 aliphatic heterocycles. The molecule has 0 saturated carbocycles. The Morgan fingerprint density at radius 2 is 1.40 bits per heavy atom. The second-order valence-electron chi connectivity index (χ2n) is 8.75. The number of hydrogen-bond donors (Lipinski definition) is 1. The summed E-state index contributed by atoms with van der Waals surface area (Å²) in [5.74, 6) is 0. The van der Waals surface area contributed by atoms with Crippen molar-refractivity contribution in [1.82, 2.24) is 4.57 Å². The van der Waals surface area contributed by atoms with Crippen molar-refractivity contribution in [3.63, 3.8) is 0 Å². The molecule has 5 aromatic rings. The van der Waals surface area contributed by atoms with Crippen molar-refractivity contribution in [2.24, 2.45) is 0 Å². The molecule has 0 atom stereocenters. The quantitative estimate of drug-likeness (QED) is 0.265. The van der Waals surface area contributed by atoms with E-state index in [4.69, 9.17) is 0 Å². The van der Waals surface area contributed by atoms with Crippen molar-refractivity contribution >= 4 is 50.9 Å². The number of nitrogens with zero attached hydrogens (tertiary/aromatic N) is 1. The van der Waals surface area contributed by atoms with E-state index in [0.717, 1.165) is 39.3 Å². The van der Waals surface area contributed by atoms with E-state index in [1.54, 1.807) is 0 Å². The Morgan fingerprint density at radius 1 is 0.771 bits per heavy atom. The maximum Gasteiger partial charge on any atom is 0.0541 e. The van der Waals surface area contributed by atoms with Gasteiger partial charge in [-0.3, -0.25) is 0 Å². The lowest BCUT2D eigenvalue weighted by Gasteiger charge is -2.14. The van der Waals surface area contributed by atoms with E-state index < -0.39 is 0 Å². The molecule has 6 rings (SSSR count). The minimum atomic E-state index is 1.10. The van der Waals surface area contributed by atoms with Gasteiger partial charge >= 0.3 is 0 Å². The molecule has 35 heavy (non-hydrogen) atoms. The van der Waals surface area contributed by atoms with E-state index in [-0.39, 0.29) is 0 Å². The van der Waals surface area contributed by atoms with Crippen LogP contribution >= 0.6 is 0 Å². The molecule has 1 aromatic heterocycles. The zero-order valence-corrected chi connectivity index (χ0v) is 19.7. The zero-order valence-electron chi connectivity index (χ0n) is 19.7. The van der Waals surface area contributed by atoms with Gasteiger partial charge in [0, 0.05) is 33.4 Å². The van der Waals surface area contributed by atoms with Crippen molar-refractivity contribution in [1.29, 1.82) is 0 Å². The Kier molecular flexibility index (Phi) is 5.20. The van der Waals surface area contributed by atoms with Gasteiger partial charge in [0.1, 0.15) is 0 Å². The normalized spacial score (nSPS) is 13.0. The monoisotopic (exact) mass is 450 g/mol. The topological polar surface area (TPSA) is 17.0 Å². The molecule has 1 aliphatic rings. The van der Waals surface area contributed by atoms with E-state index in [1.165, 1.54) is 21.8 Å². The van der Waals surface area contributed by atoms with Gasteiger partial charge in [0.15, 0.2) is 0 Å². The minimum absolute atomic E-state index is 1.10. The fourth-order valence-electron chi connectivity index (χ4n) is 4.94. The molecule has 168 valence electrons. The molecule has 2 heterocycles. The first-order valence-electron chi connectivity index (χ1n) is 11.9. The van der Waals surface area contributed by atoms with Crippen LogP contribution in [-0.4, -0.2) is 4.57 Å². The molecular weight excluding hydrogens is 424 g/mol. The first-order valence-corrected chi connectivity index (χ1v) is 11.9. The largest absolute Gasteiger partial charge is 0.355 e. The number of anilines is 2. The van der Waals surface area contributed by atoms with Crippen LogP contribution < -0.4 is 5.32 Å². The van der Waals surface area contributed by atoms with E-state index in [1.807, 2.05) is 25.2 Å². The molecule has 4 aromatic carbocycles. The predicted octanol–water partition coefficient (Wildman–Crippen LogP) is 9.16. The number of hydrogen-bond acceptors (Lipinski definition) is 1. The molecule has 0 spiro atoms. The van der Waals surface area contributed by atoms with Gasteiger partial charge in [-0.15, -0.1) is 0 Å². The predicted molar refractivity (Wildman–Crippen MR) is 152 cm³/mol. The molecule has 0 radical (unpaired) electrons. The number of rotatable bonds is 4. The maximum absolute atomic E-state index is 3.99. The van der Waals surface area contributed by atoms with Crippen LogP contribution in [0, 0.1) is 0 Å². The lowest BCUT2D eigenvalue weighted by atomic mass is 10.0. The highest BCUT2D eigenvalue weighted by molar-refractivity contribution is 6.09. The van der Waals surface area contributed by atoms with Gasteiger partial charge in [-0.25, -0.2) is 0 Å². The van der Waals surface area contributed by atoms with Crippen molar-refractivity contribution in [2.75, 3.05) is 5.32 Å². The van der Waals surface area contributed by atoms with Crippen molar-refractivity contribution in [3.8, 4) is 5.69 Å². The number of aromatic nitrogens is 1. The molecule has 0 fully saturated rings. The highest BCUT2D eigenvalue weighted by Gasteiger charge is 2.14. The van der Waals surface area contributed by atoms with Gasteiger partial charge in [-0.1, -0.05) is 85.5 Å². The average Bonchev–Trinajstić information content (AvgIpc) is 3.12. The summed E-state index contributed by atoms with van der Waals surface area (Å²) >= 11 is 0. The standard InChI is InChI=1S/C33H26N2/c1-3-5-10-23(4-2)24-17-19-30-25(21-24)15-16-26-22-27(18-20-31(26)34-30)35-32-13-8-6-11-28(32)29-12-7-9-14-33(29)35/h3-22,34H,2H2,1H3/b5-3-,23-10+. The van der Waals surface area contributed by atoms with E-state index in [0.29, 0.717) is 0 Å². The highest BCUT2D eigenvalue weighted by atomic mass is 15.0. The van der Waals surface area contributed by atoms with Gasteiger partial charge in [0.25, 0.3) is 0 Å². The SMILES string of the molecule is C=C/C(=C\C=C/C)c1ccc2c(c1)C=Cc1cc(-n3c4ccccc4c4ccccc43)ccc1N2. The smallest absolute Gasteiger partial charge is 0.0541 e. The third-order valence-electron chi connectivity index (χ3n) is 6.66. The first kappa shape index (κ1) is 21.0. The van der Waals surface area contributed by atoms with Gasteiger partial charge in [0.2, 0.25) is 0 Å². The first-order chi connectivity index (χ1) is 17.3. The highest BCUT2D eigenvalue weighted by Crippen LogP contribution is 2.36. The minimum Gasteiger partial charge on any atom is -0.355 e. The molecule has 1 N–H and O–H groups in total. The lowest BCUT2D eigenvalue weighted by molar-refractivity contribution is 1.18. The van der Waals surface area contributed by atoms with Gasteiger partial charge in [0.05, 0.1) is 11.0 Å². The molecular formula is C33H26N2. The number of para-hydroxylation sites is 2. The summed E-state index contributed by atoms with van der Waals surface area (Å²) in [4.78, 5) is 0. The second-order valence-corrected chi connectivity index (χ2v) is 8.75. The van der Waals surface area contributed by atoms with Crippen LogP contribution in [0.15, 0.2) is 116 Å². The number of nitrogens with one attached hydrogen (secondary N) is 1. The molecule has 0 unspecified atom stereocenters. The van der Waals surface area contributed by atoms with Crippen LogP contribution in [0.2, 0.25) is 0 Å². The summed E-state index contributed by atoms with van der Waals surface area (Å²) in [6.45, 7) is 6.01. The molecule has 2 nitrogen and oxygen atoms in total. The van der Waals surface area contributed by atoms with Crippen LogP contribution in [0.4, 0.5) is 11.4 Å². The second kappa shape index (κ2) is 8.66. The maximum atomic E-state index is 3.99. The lowest BCUT2D eigenvalue weighted by Crippen LogP contribution is -1.98. The molecule has 0 saturated heterocycles. The van der Waals surface area contributed by atoms with Crippen molar-refractivity contribution in [2.45, 2.75) is 6.92 Å². The Bertz CT molecular complexity index is 1640. The Labute approximate surface area is 205 Å². The van der Waals surface area contributed by atoms with Crippen LogP contribution in [-0.2, 0) is 0 Å². The third kappa shape index (κ3) is 3.60. The fourth-order valence-corrected chi connectivity index (χ4v) is 4.94. The number of allylic oxidation sites excluding steroid dienone is 5. The Morgan fingerprint density at radius 3 is 2.06 bits per heavy atom. The summed E-state index contributed by atoms with van der Waals surface area (Å²) in [5.41, 5.74) is 10.4. The number of fused-ring (bicyclic) bond motifs is 5. The third-order valence-corrected chi connectivity index (χ3v) is 6.66. The van der Waals surface area contributed by atoms with E-state index >= 15 is 0 Å². The van der Waals surface area contributed by atoms with Crippen LogP contribution in [0.25, 0.3) is 45.2 Å². The Hall–Kier alpha value is -4.56. The van der Waals surface area contributed by atoms with Gasteiger partial charge in [-0.05, 0) is 66.1 Å². The van der Waals surface area contributed by atoms with Crippen LogP contribution in [0.5, 0.6) is 0 Å². The summed E-state index contributed by atoms with van der Waals surface area (Å²) in [5, 5.41) is 6.19. The average molecular weight is 451 g/mol. The molecule has 0 bridgehead atoms. The van der Waals surface area contributed by atoms with Crippen LogP contribution in [0.3, 0.4) is 0 Å². The van der Waals surface area contributed by atoms with Gasteiger partial charge < -0.3 is 9.88 Å². The number of benzene rings is 4. The summed E-state index contributed by atoms with van der Waals surface area (Å²) in [6, 6.07) is 30.4. The Balaban J connectivity index is 1.45. The molecule has 0 aliphatic carbocycles. The summed E-state index contributed by atoms with van der Waals surface area (Å²) in [6.07, 6.45) is 12.5. The zero-order chi connectivity index (χ0) is 23.8. The summed E-state index contributed by atoms with van der Waals surface area (Å²) < 4.78 is 2.36. The molecule has 0 amide bonds. The van der Waals surface area contributed by atoms with Crippen molar-refractivity contribution < 1.29 is 0 Å². The molecule has 2 heteroatoms.